The average molecular weight is 424 g/mol. The molecule has 2 heterocycles. The van der Waals surface area contributed by atoms with Gasteiger partial charge in [-0.05, 0) is 43.9 Å². The van der Waals surface area contributed by atoms with Gasteiger partial charge in [-0.2, -0.15) is 0 Å². The minimum atomic E-state index is -0.125. The van der Waals surface area contributed by atoms with E-state index in [1.807, 2.05) is 0 Å². The summed E-state index contributed by atoms with van der Waals surface area (Å²) in [6.07, 6.45) is 3.70. The van der Waals surface area contributed by atoms with E-state index in [4.69, 9.17) is 16.3 Å². The summed E-state index contributed by atoms with van der Waals surface area (Å²) in [5, 5.41) is 4.59. The van der Waals surface area contributed by atoms with Crippen LogP contribution >= 0.6 is 23.4 Å². The van der Waals surface area contributed by atoms with Gasteiger partial charge in [0.2, 0.25) is 5.91 Å². The van der Waals surface area contributed by atoms with Crippen molar-refractivity contribution in [2.24, 2.45) is 0 Å². The summed E-state index contributed by atoms with van der Waals surface area (Å²) in [6, 6.07) is 5.25. The lowest BCUT2D eigenvalue weighted by atomic mass is 10.2. The third-order valence-electron chi connectivity index (χ3n) is 4.98. The van der Waals surface area contributed by atoms with Gasteiger partial charge in [0.05, 0.1) is 29.3 Å². The lowest BCUT2D eigenvalue weighted by Crippen LogP contribution is -2.35. The molecule has 0 unspecified atom stereocenters. The van der Waals surface area contributed by atoms with Crippen LogP contribution in [0.3, 0.4) is 0 Å². The molecule has 0 radical (unpaired) electrons. The summed E-state index contributed by atoms with van der Waals surface area (Å²) in [4.78, 5) is 30.0. The first-order valence-corrected chi connectivity index (χ1v) is 11.1. The van der Waals surface area contributed by atoms with Gasteiger partial charge in [0.1, 0.15) is 0 Å². The Labute approximate surface area is 174 Å². The van der Waals surface area contributed by atoms with Gasteiger partial charge >= 0.3 is 0 Å². The van der Waals surface area contributed by atoms with E-state index in [0.717, 1.165) is 32.3 Å². The minimum Gasteiger partial charge on any atom is -0.376 e. The summed E-state index contributed by atoms with van der Waals surface area (Å²) in [5.74, 6) is 0.156. The fourth-order valence-electron chi connectivity index (χ4n) is 3.33. The Morgan fingerprint density at radius 2 is 2.21 bits per heavy atom. The highest BCUT2D eigenvalue weighted by Crippen LogP contribution is 2.22. The van der Waals surface area contributed by atoms with Crippen LogP contribution in [0, 0.1) is 0 Å². The van der Waals surface area contributed by atoms with Crippen LogP contribution in [0.15, 0.2) is 28.2 Å². The smallest absolute Gasteiger partial charge is 0.262 e. The predicted molar refractivity (Wildman–Crippen MR) is 113 cm³/mol. The lowest BCUT2D eigenvalue weighted by molar-refractivity contribution is -0.119. The van der Waals surface area contributed by atoms with Crippen LogP contribution in [-0.4, -0.2) is 40.0 Å². The van der Waals surface area contributed by atoms with E-state index >= 15 is 0 Å². The van der Waals surface area contributed by atoms with E-state index in [-0.39, 0.29) is 29.4 Å². The van der Waals surface area contributed by atoms with Gasteiger partial charge in [0, 0.05) is 17.7 Å². The van der Waals surface area contributed by atoms with E-state index in [1.165, 1.54) is 11.8 Å². The van der Waals surface area contributed by atoms with Crippen molar-refractivity contribution < 1.29 is 9.53 Å². The maximum Gasteiger partial charge on any atom is 0.262 e. The number of rotatable bonds is 8. The first-order valence-electron chi connectivity index (χ1n) is 9.75. The van der Waals surface area contributed by atoms with Crippen molar-refractivity contribution in [1.29, 1.82) is 0 Å². The highest BCUT2D eigenvalue weighted by Gasteiger charge is 2.21. The largest absolute Gasteiger partial charge is 0.376 e. The van der Waals surface area contributed by atoms with Gasteiger partial charge in [-0.25, -0.2) is 4.98 Å². The van der Waals surface area contributed by atoms with Crippen molar-refractivity contribution in [3.05, 3.63) is 33.6 Å². The number of aromatic nitrogens is 2. The van der Waals surface area contributed by atoms with Gasteiger partial charge in [-0.1, -0.05) is 37.2 Å². The van der Waals surface area contributed by atoms with Crippen LogP contribution in [0.2, 0.25) is 5.02 Å². The summed E-state index contributed by atoms with van der Waals surface area (Å²) >= 11 is 7.36. The summed E-state index contributed by atoms with van der Waals surface area (Å²) in [5.41, 5.74) is 0.420. The maximum absolute atomic E-state index is 13.1. The number of nitrogens with zero attached hydrogens (tertiary/aromatic N) is 2. The molecule has 1 aliphatic rings. The number of hydrogen-bond donors (Lipinski definition) is 1. The van der Waals surface area contributed by atoms with Crippen LogP contribution < -0.4 is 10.9 Å². The van der Waals surface area contributed by atoms with Crippen LogP contribution in [0.25, 0.3) is 10.9 Å². The molecule has 1 amide bonds. The monoisotopic (exact) mass is 423 g/mol. The summed E-state index contributed by atoms with van der Waals surface area (Å²) < 4.78 is 7.35. The maximum atomic E-state index is 13.1. The van der Waals surface area contributed by atoms with Gasteiger partial charge in [0.25, 0.3) is 5.56 Å². The van der Waals surface area contributed by atoms with Gasteiger partial charge in [0.15, 0.2) is 5.16 Å². The standard InChI is InChI=1S/C20H26ClN3O3S/c1-3-14(4-2)22-18(25)12-28-20-23-17-10-13(21)7-8-16(17)19(26)24(20)11-15-6-5-9-27-15/h7-8,10,14-15H,3-6,9,11-12H2,1-2H3,(H,22,25)/t15-/m1/s1. The molecule has 0 spiro atoms. The molecule has 8 heteroatoms. The molecule has 0 saturated carbocycles. The Hall–Kier alpha value is -1.57. The molecule has 28 heavy (non-hydrogen) atoms. The molecule has 3 rings (SSSR count). The molecule has 152 valence electrons. The molecule has 1 atom stereocenters. The van der Waals surface area contributed by atoms with Crippen LogP contribution in [0.5, 0.6) is 0 Å². The molecule has 1 aromatic heterocycles. The number of benzene rings is 1. The van der Waals surface area contributed by atoms with Crippen LogP contribution in [0.1, 0.15) is 39.5 Å². The number of carbonyl (C=O) groups excluding carboxylic acids is 1. The molecular weight excluding hydrogens is 398 g/mol. The molecule has 0 bridgehead atoms. The minimum absolute atomic E-state index is 0.00184. The van der Waals surface area contributed by atoms with Gasteiger partial charge in [-0.3, -0.25) is 14.2 Å². The topological polar surface area (TPSA) is 73.2 Å². The Morgan fingerprint density at radius 3 is 2.89 bits per heavy atom. The zero-order valence-corrected chi connectivity index (χ0v) is 17.8. The van der Waals surface area contributed by atoms with Gasteiger partial charge in [-0.15, -0.1) is 0 Å². The lowest BCUT2D eigenvalue weighted by Gasteiger charge is -2.17. The highest BCUT2D eigenvalue weighted by molar-refractivity contribution is 7.99. The number of ether oxygens (including phenoxy) is 1. The number of halogens is 1. The Balaban J connectivity index is 1.87. The highest BCUT2D eigenvalue weighted by atomic mass is 35.5. The van der Waals surface area contributed by atoms with Crippen molar-refractivity contribution in [2.75, 3.05) is 12.4 Å². The van der Waals surface area contributed by atoms with E-state index in [9.17, 15) is 9.59 Å². The zero-order valence-electron chi connectivity index (χ0n) is 16.2. The molecule has 1 saturated heterocycles. The molecule has 6 nitrogen and oxygen atoms in total. The SMILES string of the molecule is CCC(CC)NC(=O)CSc1nc2cc(Cl)ccc2c(=O)n1C[C@H]1CCCO1. The second-order valence-corrected chi connectivity index (χ2v) is 8.36. The molecule has 0 aliphatic carbocycles. The second kappa shape index (κ2) is 9.76. The normalized spacial score (nSPS) is 16.8. The quantitative estimate of drug-likeness (QED) is 0.518. The van der Waals surface area contributed by atoms with E-state index in [1.54, 1.807) is 22.8 Å². The first-order chi connectivity index (χ1) is 13.5. The molecule has 1 aliphatic heterocycles. The Bertz CT molecular complexity index is 892. The van der Waals surface area contributed by atoms with E-state index < -0.39 is 0 Å². The van der Waals surface area contributed by atoms with Crippen molar-refractivity contribution in [3.63, 3.8) is 0 Å². The third-order valence-corrected chi connectivity index (χ3v) is 6.19. The van der Waals surface area contributed by atoms with Crippen LogP contribution in [0.4, 0.5) is 0 Å². The first kappa shape index (κ1) is 21.1. The number of amides is 1. The Morgan fingerprint density at radius 1 is 1.43 bits per heavy atom. The van der Waals surface area contributed by atoms with Crippen molar-refractivity contribution in [2.45, 2.75) is 63.4 Å². The fourth-order valence-corrected chi connectivity index (χ4v) is 4.32. The number of fused-ring (bicyclic) bond motifs is 1. The van der Waals surface area contributed by atoms with E-state index in [2.05, 4.69) is 24.1 Å². The fraction of sp³-hybridized carbons (Fsp3) is 0.550. The van der Waals surface area contributed by atoms with Gasteiger partial charge < -0.3 is 10.1 Å². The zero-order chi connectivity index (χ0) is 20.1. The predicted octanol–water partition coefficient (Wildman–Crippen LogP) is 3.63. The molecule has 1 N–H and O–H groups in total. The number of hydrogen-bond acceptors (Lipinski definition) is 5. The average Bonchev–Trinajstić information content (AvgIpc) is 3.20. The molecule has 2 aromatic rings. The third kappa shape index (κ3) is 5.07. The number of carbonyl (C=O) groups is 1. The molecule has 1 fully saturated rings. The number of nitrogens with one attached hydrogen (secondary N) is 1. The number of thioether (sulfide) groups is 1. The van der Waals surface area contributed by atoms with Crippen molar-refractivity contribution in [3.8, 4) is 0 Å². The Kier molecular flexibility index (Phi) is 7.37. The second-order valence-electron chi connectivity index (χ2n) is 6.98. The summed E-state index contributed by atoms with van der Waals surface area (Å²) in [7, 11) is 0. The van der Waals surface area contributed by atoms with Crippen LogP contribution in [-0.2, 0) is 16.1 Å². The van der Waals surface area contributed by atoms with Crippen molar-refractivity contribution >= 4 is 40.2 Å². The molecule has 1 aromatic carbocycles. The summed E-state index contributed by atoms with van der Waals surface area (Å²) in [6.45, 7) is 5.27. The van der Waals surface area contributed by atoms with E-state index in [0.29, 0.717) is 27.6 Å². The molecular formula is C20H26ClN3O3S. The van der Waals surface area contributed by atoms with Crippen molar-refractivity contribution in [1.82, 2.24) is 14.9 Å².